The zero-order valence-corrected chi connectivity index (χ0v) is 13.9. The lowest BCUT2D eigenvalue weighted by molar-refractivity contribution is -0.139. The lowest BCUT2D eigenvalue weighted by atomic mass is 10.0. The molecule has 3 aliphatic rings. The van der Waals surface area contributed by atoms with Gasteiger partial charge in [-0.05, 0) is 19.3 Å². The van der Waals surface area contributed by atoms with Gasteiger partial charge in [-0.1, -0.05) is 0 Å². The van der Waals surface area contributed by atoms with Crippen molar-refractivity contribution < 1.29 is 23.1 Å². The Hall–Kier alpha value is -1.35. The Morgan fingerprint density at radius 2 is 1.61 bits per heavy atom. The second-order valence-corrected chi connectivity index (χ2v) is 8.75. The zero-order valence-electron chi connectivity index (χ0n) is 13.1. The molecule has 0 aromatic rings. The number of amides is 2. The van der Waals surface area contributed by atoms with Crippen molar-refractivity contribution in [2.24, 2.45) is 0 Å². The van der Waals surface area contributed by atoms with Gasteiger partial charge in [-0.2, -0.15) is 0 Å². The lowest BCUT2D eigenvalue weighted by Gasteiger charge is -2.45. The van der Waals surface area contributed by atoms with Gasteiger partial charge in [0, 0.05) is 32.2 Å². The second kappa shape index (κ2) is 6.27. The first-order valence-electron chi connectivity index (χ1n) is 8.09. The van der Waals surface area contributed by atoms with Crippen LogP contribution < -0.4 is 0 Å². The third-order valence-electron chi connectivity index (χ3n) is 5.00. The number of likely N-dealkylation sites (tertiary alicyclic amines) is 1. The molecule has 8 nitrogen and oxygen atoms in total. The summed E-state index contributed by atoms with van der Waals surface area (Å²) in [7, 11) is -3.24. The Morgan fingerprint density at radius 3 is 2.26 bits per heavy atom. The number of piperazine rings is 1. The Bertz CT molecular complexity index is 587. The molecule has 1 N–H and O–H groups in total. The first-order valence-corrected chi connectivity index (χ1v) is 9.91. The molecule has 23 heavy (non-hydrogen) atoms. The van der Waals surface area contributed by atoms with E-state index >= 15 is 0 Å². The van der Waals surface area contributed by atoms with Crippen LogP contribution in [0.25, 0.3) is 0 Å². The first kappa shape index (κ1) is 16.5. The number of fused-ring (bicyclic) bond motifs is 1. The van der Waals surface area contributed by atoms with E-state index in [0.717, 1.165) is 32.4 Å². The van der Waals surface area contributed by atoms with Crippen LogP contribution in [-0.2, 0) is 14.6 Å². The van der Waals surface area contributed by atoms with Crippen LogP contribution >= 0.6 is 0 Å². The average molecular weight is 345 g/mol. The van der Waals surface area contributed by atoms with E-state index in [1.807, 2.05) is 0 Å². The van der Waals surface area contributed by atoms with Crippen LogP contribution in [0.2, 0.25) is 0 Å². The smallest absolute Gasteiger partial charge is 0.320 e. The SMILES string of the molecule is O=C(O)CN1CCN(C(=O)N2CCCCC2)[C@@H]2CS(=O)(=O)C[C@@H]21. The molecule has 0 aromatic carbocycles. The number of rotatable bonds is 2. The van der Waals surface area contributed by atoms with Crippen LogP contribution in [0.15, 0.2) is 0 Å². The van der Waals surface area contributed by atoms with Crippen molar-refractivity contribution in [3.8, 4) is 0 Å². The molecule has 3 fully saturated rings. The standard InChI is InChI=1S/C14H23N3O5S/c18-13(19)8-16-6-7-17(12-10-23(21,22)9-11(12)16)14(20)15-4-2-1-3-5-15/h11-12H,1-10H2,(H,18,19)/t11-,12+/m0/s1. The Kier molecular flexibility index (Phi) is 4.50. The molecule has 3 aliphatic heterocycles. The van der Waals surface area contributed by atoms with Gasteiger partial charge in [0.05, 0.1) is 24.1 Å². The van der Waals surface area contributed by atoms with Gasteiger partial charge in [0.2, 0.25) is 0 Å². The van der Waals surface area contributed by atoms with E-state index in [4.69, 9.17) is 5.11 Å². The van der Waals surface area contributed by atoms with Crippen molar-refractivity contribution in [3.05, 3.63) is 0 Å². The van der Waals surface area contributed by atoms with Gasteiger partial charge in [0.15, 0.2) is 9.84 Å². The largest absolute Gasteiger partial charge is 0.480 e. The van der Waals surface area contributed by atoms with Gasteiger partial charge in [-0.3, -0.25) is 9.69 Å². The van der Waals surface area contributed by atoms with Crippen LogP contribution in [0, 0.1) is 0 Å². The number of aliphatic carboxylic acids is 1. The van der Waals surface area contributed by atoms with Crippen LogP contribution in [-0.4, -0.2) is 96.5 Å². The minimum absolute atomic E-state index is 0.0608. The van der Waals surface area contributed by atoms with E-state index in [0.29, 0.717) is 13.1 Å². The summed E-state index contributed by atoms with van der Waals surface area (Å²) < 4.78 is 24.1. The molecule has 3 rings (SSSR count). The fourth-order valence-electron chi connectivity index (χ4n) is 3.90. The van der Waals surface area contributed by atoms with E-state index in [1.165, 1.54) is 0 Å². The number of hydrogen-bond donors (Lipinski definition) is 1. The monoisotopic (exact) mass is 345 g/mol. The number of piperidine rings is 1. The highest BCUT2D eigenvalue weighted by Crippen LogP contribution is 2.28. The van der Waals surface area contributed by atoms with E-state index in [2.05, 4.69) is 0 Å². The van der Waals surface area contributed by atoms with Gasteiger partial charge in [-0.25, -0.2) is 13.2 Å². The highest BCUT2D eigenvalue weighted by molar-refractivity contribution is 7.91. The molecule has 3 heterocycles. The van der Waals surface area contributed by atoms with Crippen molar-refractivity contribution in [2.75, 3.05) is 44.2 Å². The minimum atomic E-state index is -3.24. The third kappa shape index (κ3) is 3.45. The van der Waals surface area contributed by atoms with E-state index in [1.54, 1.807) is 14.7 Å². The predicted octanol–water partition coefficient (Wildman–Crippen LogP) is -0.540. The number of urea groups is 1. The predicted molar refractivity (Wildman–Crippen MR) is 83.0 cm³/mol. The van der Waals surface area contributed by atoms with Crippen LogP contribution in [0.5, 0.6) is 0 Å². The van der Waals surface area contributed by atoms with E-state index < -0.39 is 27.9 Å². The van der Waals surface area contributed by atoms with Crippen molar-refractivity contribution in [2.45, 2.75) is 31.3 Å². The van der Waals surface area contributed by atoms with Gasteiger partial charge in [0.25, 0.3) is 0 Å². The summed E-state index contributed by atoms with van der Waals surface area (Å²) in [5.41, 5.74) is 0. The van der Waals surface area contributed by atoms with E-state index in [9.17, 15) is 18.0 Å². The molecule has 9 heteroatoms. The molecule has 2 atom stereocenters. The molecule has 130 valence electrons. The quantitative estimate of drug-likeness (QED) is 0.722. The highest BCUT2D eigenvalue weighted by atomic mass is 32.2. The Labute approximate surface area is 135 Å². The third-order valence-corrected chi connectivity index (χ3v) is 6.70. The summed E-state index contributed by atoms with van der Waals surface area (Å²) in [4.78, 5) is 28.9. The molecule has 3 saturated heterocycles. The minimum Gasteiger partial charge on any atom is -0.480 e. The summed E-state index contributed by atoms with van der Waals surface area (Å²) in [5, 5.41) is 9.01. The first-order chi connectivity index (χ1) is 10.9. The topological polar surface area (TPSA) is 98.2 Å². The summed E-state index contributed by atoms with van der Waals surface area (Å²) in [6.45, 7) is 2.06. The summed E-state index contributed by atoms with van der Waals surface area (Å²) >= 11 is 0. The number of carbonyl (C=O) groups excluding carboxylic acids is 1. The Morgan fingerprint density at radius 1 is 0.957 bits per heavy atom. The number of carboxylic acid groups (broad SMARTS) is 1. The van der Waals surface area contributed by atoms with Crippen molar-refractivity contribution in [3.63, 3.8) is 0 Å². The van der Waals surface area contributed by atoms with Crippen LogP contribution in [0.4, 0.5) is 4.79 Å². The summed E-state index contributed by atoms with van der Waals surface area (Å²) in [6.07, 6.45) is 3.09. The summed E-state index contributed by atoms with van der Waals surface area (Å²) in [6, 6.07) is -0.923. The molecule has 0 unspecified atom stereocenters. The zero-order chi connectivity index (χ0) is 16.6. The normalized spacial score (nSPS) is 31.0. The molecule has 0 aromatic heterocycles. The second-order valence-electron chi connectivity index (χ2n) is 6.60. The van der Waals surface area contributed by atoms with Crippen LogP contribution in [0.3, 0.4) is 0 Å². The number of carbonyl (C=O) groups is 2. The number of nitrogens with zero attached hydrogens (tertiary/aromatic N) is 3. The van der Waals surface area contributed by atoms with Gasteiger partial charge >= 0.3 is 12.0 Å². The molecular formula is C14H23N3O5S. The molecule has 0 bridgehead atoms. The van der Waals surface area contributed by atoms with Crippen LogP contribution in [0.1, 0.15) is 19.3 Å². The number of sulfone groups is 1. The highest BCUT2D eigenvalue weighted by Gasteiger charge is 2.49. The van der Waals surface area contributed by atoms with Gasteiger partial charge < -0.3 is 14.9 Å². The molecule has 0 radical (unpaired) electrons. The molecule has 0 aliphatic carbocycles. The Balaban J connectivity index is 1.78. The maximum Gasteiger partial charge on any atom is 0.320 e. The van der Waals surface area contributed by atoms with E-state index in [-0.39, 0.29) is 24.1 Å². The van der Waals surface area contributed by atoms with Crippen molar-refractivity contribution in [1.29, 1.82) is 0 Å². The van der Waals surface area contributed by atoms with Gasteiger partial charge in [0.1, 0.15) is 0 Å². The molecule has 0 spiro atoms. The van der Waals surface area contributed by atoms with Crippen molar-refractivity contribution in [1.82, 2.24) is 14.7 Å². The molecule has 2 amide bonds. The maximum atomic E-state index is 12.8. The average Bonchev–Trinajstić information content (AvgIpc) is 2.83. The lowest BCUT2D eigenvalue weighted by Crippen LogP contribution is -2.63. The maximum absolute atomic E-state index is 12.8. The molecular weight excluding hydrogens is 322 g/mol. The number of hydrogen-bond acceptors (Lipinski definition) is 5. The van der Waals surface area contributed by atoms with Crippen molar-refractivity contribution >= 4 is 21.8 Å². The fraction of sp³-hybridized carbons (Fsp3) is 0.857. The number of carboxylic acids is 1. The summed E-state index contributed by atoms with van der Waals surface area (Å²) in [5.74, 6) is -1.09. The van der Waals surface area contributed by atoms with Gasteiger partial charge in [-0.15, -0.1) is 0 Å². The fourth-order valence-corrected chi connectivity index (χ4v) is 5.91. The molecule has 0 saturated carbocycles.